The van der Waals surface area contributed by atoms with E-state index in [1.807, 2.05) is 36.4 Å². The smallest absolute Gasteiger partial charge is 0.252 e. The van der Waals surface area contributed by atoms with Crippen LogP contribution in [0.15, 0.2) is 394 Å². The Balaban J connectivity index is 0.927. The summed E-state index contributed by atoms with van der Waals surface area (Å²) in [5.41, 5.74) is 17.1. The Morgan fingerprint density at radius 2 is 0.622 bits per heavy atom. The van der Waals surface area contributed by atoms with Gasteiger partial charge in [-0.05, 0) is 211 Å². The Kier molecular flexibility index (Phi) is 12.9. The van der Waals surface area contributed by atoms with Gasteiger partial charge in [0.05, 0.1) is 52.6 Å². The number of nitrogens with zero attached hydrogens (tertiary/aromatic N) is 4. The van der Waals surface area contributed by atoms with E-state index in [2.05, 4.69) is 276 Å². The van der Waals surface area contributed by atoms with Crippen molar-refractivity contribution < 1.29 is 19.2 Å². The third-order valence-electron chi connectivity index (χ3n) is 24.6. The van der Waals surface area contributed by atoms with Gasteiger partial charge in [0.25, 0.3) is 6.71 Å². The number of rotatable bonds is 10. The van der Waals surface area contributed by atoms with Gasteiger partial charge in [0.2, 0.25) is 0 Å². The Morgan fingerprint density at radius 3 is 1.07 bits per heavy atom. The number of anilines is 6. The summed E-state index contributed by atoms with van der Waals surface area (Å²) in [5.74, 6) is 0. The number of hydrogen-bond acceptors (Lipinski definition) is 2. The van der Waals surface area contributed by atoms with Gasteiger partial charge in [-0.2, -0.15) is 0 Å². The molecule has 2 aromatic heterocycles. The molecule has 0 bridgehead atoms. The molecule has 0 aliphatic carbocycles. The Labute approximate surface area is 713 Å². The maximum Gasteiger partial charge on any atom is 0.252 e. The Morgan fingerprint density at radius 1 is 0.252 bits per heavy atom. The van der Waals surface area contributed by atoms with Crippen LogP contribution in [0.1, 0.15) is 71.9 Å². The van der Waals surface area contributed by atoms with Crippen LogP contribution >= 0.6 is 0 Å². The van der Waals surface area contributed by atoms with Crippen molar-refractivity contribution in [1.29, 1.82) is 0 Å². The van der Waals surface area contributed by atoms with Crippen molar-refractivity contribution in [2.45, 2.75) is 52.4 Å². The molecule has 119 heavy (non-hydrogen) atoms. The fourth-order valence-electron chi connectivity index (χ4n) is 19.0. The summed E-state index contributed by atoms with van der Waals surface area (Å²) in [6, 6.07) is 101. The second-order valence-electron chi connectivity index (χ2n) is 33.5. The molecule has 0 radical (unpaired) electrons. The lowest BCUT2D eigenvalue weighted by molar-refractivity contribution is 0.590. The fourth-order valence-corrected chi connectivity index (χ4v) is 19.0. The van der Waals surface area contributed by atoms with Crippen LogP contribution in [0.5, 0.6) is 0 Å². The molecule has 19 aromatic carbocycles. The lowest BCUT2D eigenvalue weighted by Crippen LogP contribution is -2.61. The lowest BCUT2D eigenvalue weighted by atomic mass is 9.33. The van der Waals surface area contributed by atoms with Crippen molar-refractivity contribution in [2.75, 3.05) is 9.80 Å². The number of aromatic nitrogens is 2. The maximum atomic E-state index is 10.5. The summed E-state index contributed by atoms with van der Waals surface area (Å²) in [6.07, 6.45) is 0. The standard InChI is InChI=1S/C114H83BN4/c1-113(2,3)80-66-96(74-34-15-9-16-35-74)112(97(67-80)75-36-17-10-18-37-75)119-107-71-83(117-103-51-26-24-43-93(103)99-65-79(55-63-105(99)117)73-32-13-8-14-33-73)57-61-101(107)115-100-60-56-82(116-102-50-25-23-42-92(102)98-64-78(54-62-104(98)116)72-30-11-7-12-31-72)70-106(100)118(108-68-81(114(4,5)6)69-109(119)110(108)115)111-94(88-46-27-44-86-84-40-21-19-38-76(84)52-58-90(86)88)48-29-49-95(111)89-47-28-45-87-85-41-22-20-39-77(85)53-59-91(87)89/h7-71H,1-6H3/i23D,24D,25D,26D,42D,43D,50D,51D,54D,55D,62D,63D,64D,65D. The fraction of sp³-hybridized carbons (Fsp3) is 0.0702. The van der Waals surface area contributed by atoms with E-state index in [-0.39, 0.29) is 91.0 Å². The highest BCUT2D eigenvalue weighted by Crippen LogP contribution is 2.57. The highest BCUT2D eigenvalue weighted by molar-refractivity contribution is 7.00. The molecule has 2 aliphatic rings. The molecule has 0 unspecified atom stereocenters. The van der Waals surface area contributed by atoms with Gasteiger partial charge in [-0.3, -0.25) is 0 Å². The first-order chi connectivity index (χ1) is 64.2. The van der Waals surface area contributed by atoms with Crippen LogP contribution in [-0.4, -0.2) is 15.8 Å². The van der Waals surface area contributed by atoms with E-state index in [0.717, 1.165) is 138 Å². The maximum absolute atomic E-state index is 10.5. The Bertz CT molecular complexity index is 8460. The van der Waals surface area contributed by atoms with Crippen molar-refractivity contribution in [3.63, 3.8) is 0 Å². The molecular weight excluding hydrogens is 1440 g/mol. The predicted molar refractivity (Wildman–Crippen MR) is 509 cm³/mol. The largest absolute Gasteiger partial charge is 0.310 e. The topological polar surface area (TPSA) is 16.3 Å². The molecule has 0 atom stereocenters. The van der Waals surface area contributed by atoms with Crippen LogP contribution in [0.2, 0.25) is 0 Å². The molecule has 5 heteroatoms. The third kappa shape index (κ3) is 11.1. The van der Waals surface area contributed by atoms with Crippen molar-refractivity contribution >= 4 is 144 Å². The summed E-state index contributed by atoms with van der Waals surface area (Å²) in [7, 11) is 0. The van der Waals surface area contributed by atoms with Crippen molar-refractivity contribution in [1.82, 2.24) is 9.13 Å². The van der Waals surface area contributed by atoms with Gasteiger partial charge in [0.15, 0.2) is 0 Å². The van der Waals surface area contributed by atoms with Crippen molar-refractivity contribution in [3.8, 4) is 78.1 Å². The van der Waals surface area contributed by atoms with Crippen LogP contribution < -0.4 is 26.2 Å². The average Bonchev–Trinajstić information content (AvgIpc) is 1.17. The second kappa shape index (κ2) is 27.0. The molecule has 0 fully saturated rings. The van der Waals surface area contributed by atoms with E-state index >= 15 is 0 Å². The van der Waals surface area contributed by atoms with E-state index in [0.29, 0.717) is 33.9 Å². The molecule has 4 nitrogen and oxygen atoms in total. The third-order valence-corrected chi connectivity index (χ3v) is 24.6. The van der Waals surface area contributed by atoms with Crippen LogP contribution in [0, 0.1) is 0 Å². The first-order valence-electron chi connectivity index (χ1n) is 47.7. The number of fused-ring (bicyclic) bond motifs is 16. The monoisotopic (exact) mass is 1530 g/mol. The van der Waals surface area contributed by atoms with Crippen LogP contribution in [0.3, 0.4) is 0 Å². The molecule has 23 rings (SSSR count). The van der Waals surface area contributed by atoms with Gasteiger partial charge in [0.1, 0.15) is 0 Å². The minimum Gasteiger partial charge on any atom is -0.310 e. The van der Waals surface area contributed by atoms with Crippen LogP contribution in [-0.2, 0) is 10.8 Å². The molecular formula is C114H83BN4. The minimum absolute atomic E-state index is 0.0175. The zero-order chi connectivity index (χ0) is 91.7. The molecule has 562 valence electrons. The van der Waals surface area contributed by atoms with Gasteiger partial charge >= 0.3 is 0 Å². The van der Waals surface area contributed by atoms with Crippen LogP contribution in [0.25, 0.3) is 165 Å². The van der Waals surface area contributed by atoms with E-state index in [1.54, 1.807) is 57.7 Å². The van der Waals surface area contributed by atoms with Gasteiger partial charge in [-0.1, -0.05) is 351 Å². The quantitative estimate of drug-likeness (QED) is 0.100. The molecule has 0 amide bonds. The molecule has 0 N–H and O–H groups in total. The second-order valence-corrected chi connectivity index (χ2v) is 33.5. The Hall–Kier alpha value is -14.5. The zero-order valence-electron chi connectivity index (χ0n) is 80.3. The van der Waals surface area contributed by atoms with Crippen molar-refractivity contribution in [3.05, 3.63) is 405 Å². The molecule has 4 heterocycles. The summed E-state index contributed by atoms with van der Waals surface area (Å²) >= 11 is 0. The average molecular weight is 1530 g/mol. The molecule has 21 aromatic rings. The van der Waals surface area contributed by atoms with E-state index in [4.69, 9.17) is 0 Å². The number of benzene rings is 19. The highest BCUT2D eigenvalue weighted by atomic mass is 15.2. The lowest BCUT2D eigenvalue weighted by Gasteiger charge is -2.46. The van der Waals surface area contributed by atoms with E-state index < -0.39 is 65.9 Å². The van der Waals surface area contributed by atoms with Gasteiger partial charge in [-0.25, -0.2) is 0 Å². The summed E-state index contributed by atoms with van der Waals surface area (Å²) in [4.78, 5) is 4.83. The summed E-state index contributed by atoms with van der Waals surface area (Å²) < 4.78 is 144. The first-order valence-corrected chi connectivity index (χ1v) is 40.7. The molecule has 0 saturated heterocycles. The summed E-state index contributed by atoms with van der Waals surface area (Å²) in [6.45, 7) is 12.6. The van der Waals surface area contributed by atoms with Gasteiger partial charge in [0, 0.05) is 77.9 Å². The zero-order valence-corrected chi connectivity index (χ0v) is 66.3. The summed E-state index contributed by atoms with van der Waals surface area (Å²) in [5, 5.41) is 8.63. The minimum atomic E-state index is -0.775. The van der Waals surface area contributed by atoms with Gasteiger partial charge < -0.3 is 18.9 Å². The predicted octanol–water partition coefficient (Wildman–Crippen LogP) is 29.2. The van der Waals surface area contributed by atoms with Gasteiger partial charge in [-0.15, -0.1) is 0 Å². The van der Waals surface area contributed by atoms with Crippen molar-refractivity contribution in [2.24, 2.45) is 0 Å². The van der Waals surface area contributed by atoms with E-state index in [1.165, 1.54) is 0 Å². The molecule has 0 saturated carbocycles. The van der Waals surface area contributed by atoms with E-state index in [9.17, 15) is 19.2 Å². The number of para-hydroxylation sites is 3. The normalized spacial score (nSPS) is 14.4. The molecule has 2 aliphatic heterocycles. The SMILES string of the molecule is [2H]c1c([2H])c([2H])c2c(c1[2H])c1c([2H])c(-c3ccccc3)c([2H])c([2H])c1n2-c1ccc2c(c1)N(c1c(-c3ccccc3)cc(C(C)(C)C)cc1-c1ccccc1)c1cc(C(C)(C)C)cc3c1B2c1ccc(-n2c4c([2H])c([2H])c([2H])c([2H])c4c4c([2H])c(-c5ccccc5)c([2H])c([2H])c42)cc1N3c1c(-c2cccc3c2ccc2ccccc23)cccc1-c1cccc2c1ccc1ccccc12. The highest BCUT2D eigenvalue weighted by Gasteiger charge is 2.47. The molecule has 0 spiro atoms. The first kappa shape index (κ1) is 56.7. The number of hydrogen-bond donors (Lipinski definition) is 0. The van der Waals surface area contributed by atoms with Crippen LogP contribution in [0.4, 0.5) is 34.1 Å².